The summed E-state index contributed by atoms with van der Waals surface area (Å²) in [7, 11) is 1.71. The first-order valence-electron chi connectivity index (χ1n) is 6.57. The molecule has 2 rings (SSSR count). The van der Waals surface area contributed by atoms with Gasteiger partial charge in [0.05, 0.1) is 7.11 Å². The lowest BCUT2D eigenvalue weighted by molar-refractivity contribution is 0.372. The summed E-state index contributed by atoms with van der Waals surface area (Å²) in [5.74, 6) is 1.72. The first-order valence-corrected chi connectivity index (χ1v) is 6.57. The normalized spacial score (nSPS) is 29.7. The molecule has 2 nitrogen and oxygen atoms in total. The van der Waals surface area contributed by atoms with Crippen LogP contribution in [0.3, 0.4) is 0 Å². The summed E-state index contributed by atoms with van der Waals surface area (Å²) in [6, 6.07) is 8.25. The van der Waals surface area contributed by atoms with Crippen LogP contribution in [0.25, 0.3) is 0 Å². The molecule has 2 atom stereocenters. The first-order chi connectivity index (χ1) is 8.14. The van der Waals surface area contributed by atoms with Gasteiger partial charge in [-0.25, -0.2) is 0 Å². The second kappa shape index (κ2) is 5.09. The number of methoxy groups -OCH3 is 1. The fourth-order valence-electron chi connectivity index (χ4n) is 2.76. The summed E-state index contributed by atoms with van der Waals surface area (Å²) in [6.45, 7) is 2.33. The summed E-state index contributed by atoms with van der Waals surface area (Å²) >= 11 is 0. The molecule has 2 unspecified atom stereocenters. The van der Waals surface area contributed by atoms with Crippen LogP contribution in [0.4, 0.5) is 0 Å². The maximum absolute atomic E-state index is 6.61. The van der Waals surface area contributed by atoms with Gasteiger partial charge in [-0.15, -0.1) is 0 Å². The fourth-order valence-corrected chi connectivity index (χ4v) is 2.76. The Bertz CT molecular complexity index is 377. The standard InChI is InChI=1S/C15H23NO/c1-12-5-4-9-15(16,10-8-12)13-6-3-7-14(11-13)17-2/h3,6-7,11-12H,4-5,8-10,16H2,1-2H3. The molecule has 2 N–H and O–H groups in total. The third-order valence-corrected chi connectivity index (χ3v) is 4.05. The zero-order valence-corrected chi connectivity index (χ0v) is 10.9. The molecule has 1 aliphatic rings. The molecule has 1 aliphatic carbocycles. The number of hydrogen-bond donors (Lipinski definition) is 1. The molecule has 0 bridgehead atoms. The Kier molecular flexibility index (Phi) is 3.72. The molecule has 0 aliphatic heterocycles. The minimum atomic E-state index is -0.153. The topological polar surface area (TPSA) is 35.2 Å². The van der Waals surface area contributed by atoms with Crippen LogP contribution in [0, 0.1) is 5.92 Å². The van der Waals surface area contributed by atoms with Gasteiger partial charge < -0.3 is 10.5 Å². The quantitative estimate of drug-likeness (QED) is 0.794. The molecule has 1 saturated carbocycles. The van der Waals surface area contributed by atoms with E-state index in [0.717, 1.165) is 24.5 Å². The van der Waals surface area contributed by atoms with Crippen molar-refractivity contribution in [2.75, 3.05) is 7.11 Å². The van der Waals surface area contributed by atoms with Crippen molar-refractivity contribution < 1.29 is 4.74 Å². The fraction of sp³-hybridized carbons (Fsp3) is 0.600. The lowest BCUT2D eigenvalue weighted by atomic mass is 9.83. The number of ether oxygens (including phenoxy) is 1. The zero-order valence-electron chi connectivity index (χ0n) is 10.9. The largest absolute Gasteiger partial charge is 0.497 e. The van der Waals surface area contributed by atoms with Gasteiger partial charge in [-0.05, 0) is 42.9 Å². The van der Waals surface area contributed by atoms with Crippen LogP contribution in [0.1, 0.15) is 44.6 Å². The molecular weight excluding hydrogens is 210 g/mol. The Morgan fingerprint density at radius 2 is 2.12 bits per heavy atom. The summed E-state index contributed by atoms with van der Waals surface area (Å²) in [6.07, 6.45) is 5.94. The third kappa shape index (κ3) is 2.81. The maximum atomic E-state index is 6.61. The van der Waals surface area contributed by atoms with Gasteiger partial charge in [-0.3, -0.25) is 0 Å². The van der Waals surface area contributed by atoms with Gasteiger partial charge in [-0.2, -0.15) is 0 Å². The van der Waals surface area contributed by atoms with Gasteiger partial charge in [0.1, 0.15) is 5.75 Å². The van der Waals surface area contributed by atoms with Crippen LogP contribution in [0.5, 0.6) is 5.75 Å². The average Bonchev–Trinajstić information content (AvgIpc) is 2.53. The number of nitrogens with two attached hydrogens (primary N) is 1. The highest BCUT2D eigenvalue weighted by atomic mass is 16.5. The molecule has 0 heterocycles. The van der Waals surface area contributed by atoms with Crippen LogP contribution in [0.2, 0.25) is 0 Å². The second-order valence-corrected chi connectivity index (χ2v) is 5.42. The molecule has 0 spiro atoms. The van der Waals surface area contributed by atoms with E-state index >= 15 is 0 Å². The Labute approximate surface area is 104 Å². The highest BCUT2D eigenvalue weighted by Gasteiger charge is 2.30. The Hall–Kier alpha value is -1.02. The van der Waals surface area contributed by atoms with Gasteiger partial charge >= 0.3 is 0 Å². The lowest BCUT2D eigenvalue weighted by Crippen LogP contribution is -2.36. The van der Waals surface area contributed by atoms with E-state index in [0.29, 0.717) is 0 Å². The number of rotatable bonds is 2. The van der Waals surface area contributed by atoms with Crippen LogP contribution in [0.15, 0.2) is 24.3 Å². The predicted octanol–water partition coefficient (Wildman–Crippen LogP) is 3.45. The molecule has 1 aromatic carbocycles. The molecule has 1 aromatic rings. The van der Waals surface area contributed by atoms with E-state index in [1.165, 1.54) is 24.8 Å². The van der Waals surface area contributed by atoms with Crippen molar-refractivity contribution in [3.8, 4) is 5.75 Å². The second-order valence-electron chi connectivity index (χ2n) is 5.42. The summed E-state index contributed by atoms with van der Waals surface area (Å²) in [4.78, 5) is 0. The minimum absolute atomic E-state index is 0.153. The molecule has 94 valence electrons. The van der Waals surface area contributed by atoms with Crippen LogP contribution in [-0.2, 0) is 5.54 Å². The summed E-state index contributed by atoms with van der Waals surface area (Å²) in [5.41, 5.74) is 7.68. The molecule has 1 fully saturated rings. The average molecular weight is 233 g/mol. The molecule has 17 heavy (non-hydrogen) atoms. The lowest BCUT2D eigenvalue weighted by Gasteiger charge is -2.29. The Balaban J connectivity index is 2.23. The van der Waals surface area contributed by atoms with Gasteiger partial charge in [0.25, 0.3) is 0 Å². The first kappa shape index (κ1) is 12.4. The number of hydrogen-bond acceptors (Lipinski definition) is 2. The smallest absolute Gasteiger partial charge is 0.119 e. The van der Waals surface area contributed by atoms with Crippen molar-refractivity contribution >= 4 is 0 Å². The number of benzene rings is 1. The zero-order chi connectivity index (χ0) is 12.3. The highest BCUT2D eigenvalue weighted by molar-refractivity contribution is 5.33. The molecule has 0 radical (unpaired) electrons. The van der Waals surface area contributed by atoms with Gasteiger partial charge in [0.2, 0.25) is 0 Å². The van der Waals surface area contributed by atoms with Crippen LogP contribution in [-0.4, -0.2) is 7.11 Å². The van der Waals surface area contributed by atoms with Crippen molar-refractivity contribution in [2.24, 2.45) is 11.7 Å². The monoisotopic (exact) mass is 233 g/mol. The van der Waals surface area contributed by atoms with E-state index in [1.807, 2.05) is 12.1 Å². The van der Waals surface area contributed by atoms with Crippen LogP contribution < -0.4 is 10.5 Å². The minimum Gasteiger partial charge on any atom is -0.497 e. The van der Waals surface area contributed by atoms with E-state index in [2.05, 4.69) is 19.1 Å². The SMILES string of the molecule is COc1cccc(C2(N)CCCC(C)CC2)c1. The highest BCUT2D eigenvalue weighted by Crippen LogP contribution is 2.36. The van der Waals surface area contributed by atoms with E-state index < -0.39 is 0 Å². The maximum Gasteiger partial charge on any atom is 0.119 e. The van der Waals surface area contributed by atoms with E-state index in [4.69, 9.17) is 10.5 Å². The van der Waals surface area contributed by atoms with Gasteiger partial charge in [0, 0.05) is 5.54 Å². The van der Waals surface area contributed by atoms with Crippen molar-refractivity contribution in [1.82, 2.24) is 0 Å². The van der Waals surface area contributed by atoms with E-state index in [-0.39, 0.29) is 5.54 Å². The van der Waals surface area contributed by atoms with Crippen molar-refractivity contribution in [2.45, 2.75) is 44.6 Å². The predicted molar refractivity (Wildman–Crippen MR) is 71.1 cm³/mol. The van der Waals surface area contributed by atoms with Crippen molar-refractivity contribution in [1.29, 1.82) is 0 Å². The van der Waals surface area contributed by atoms with Crippen molar-refractivity contribution in [3.05, 3.63) is 29.8 Å². The Morgan fingerprint density at radius 1 is 1.29 bits per heavy atom. The summed E-state index contributed by atoms with van der Waals surface area (Å²) < 4.78 is 5.29. The van der Waals surface area contributed by atoms with E-state index in [1.54, 1.807) is 7.11 Å². The Morgan fingerprint density at radius 3 is 2.88 bits per heavy atom. The molecule has 2 heteroatoms. The summed E-state index contributed by atoms with van der Waals surface area (Å²) in [5, 5.41) is 0. The molecule has 0 amide bonds. The van der Waals surface area contributed by atoms with Gasteiger partial charge in [-0.1, -0.05) is 31.9 Å². The third-order valence-electron chi connectivity index (χ3n) is 4.05. The van der Waals surface area contributed by atoms with Crippen LogP contribution >= 0.6 is 0 Å². The molecule has 0 aromatic heterocycles. The van der Waals surface area contributed by atoms with Gasteiger partial charge in [0.15, 0.2) is 0 Å². The van der Waals surface area contributed by atoms with Crippen molar-refractivity contribution in [3.63, 3.8) is 0 Å². The molecular formula is C15H23NO. The molecule has 0 saturated heterocycles. The van der Waals surface area contributed by atoms with E-state index in [9.17, 15) is 0 Å².